The van der Waals surface area contributed by atoms with Crippen LogP contribution in [0.4, 0.5) is 0 Å². The zero-order valence-corrected chi connectivity index (χ0v) is 33.8. The number of nitrogens with one attached hydrogen (secondary N) is 1. The fourth-order valence-electron chi connectivity index (χ4n) is 5.92. The number of hydrogen-bond donors (Lipinski definition) is 3. The van der Waals surface area contributed by atoms with Crippen LogP contribution < -0.4 is 5.32 Å². The van der Waals surface area contributed by atoms with Crippen LogP contribution in [0.1, 0.15) is 187 Å². The molecule has 3 unspecified atom stereocenters. The van der Waals surface area contributed by atoms with Gasteiger partial charge in [0, 0.05) is 6.42 Å². The van der Waals surface area contributed by atoms with Gasteiger partial charge in [0.15, 0.2) is 0 Å². The maximum absolute atomic E-state index is 12.8. The number of allylic oxidation sites excluding steroid dienone is 2. The van der Waals surface area contributed by atoms with Crippen LogP contribution in [-0.2, 0) is 18.4 Å². The van der Waals surface area contributed by atoms with Crippen LogP contribution >= 0.6 is 7.82 Å². The minimum absolute atomic E-state index is 0.0755. The molecule has 0 rings (SSSR count). The van der Waals surface area contributed by atoms with E-state index in [4.69, 9.17) is 9.05 Å². The Bertz CT molecular complexity index is 819. The quantitative estimate of drug-likeness (QED) is 0.0256. The Morgan fingerprint density at radius 1 is 0.673 bits per heavy atom. The lowest BCUT2D eigenvalue weighted by Crippen LogP contribution is -2.46. The summed E-state index contributed by atoms with van der Waals surface area (Å²) in [6.07, 6.45) is 35.3. The number of nitrogens with zero attached hydrogens (tertiary/aromatic N) is 1. The molecule has 3 N–H and O–H groups in total. The van der Waals surface area contributed by atoms with Crippen molar-refractivity contribution < 1.29 is 32.9 Å². The minimum atomic E-state index is -4.30. The Balaban J connectivity index is 4.26. The van der Waals surface area contributed by atoms with Gasteiger partial charge in [-0.3, -0.25) is 13.8 Å². The summed E-state index contributed by atoms with van der Waals surface area (Å²) in [5.74, 6) is -0.150. The molecule has 0 aromatic rings. The van der Waals surface area contributed by atoms with E-state index in [1.165, 1.54) is 122 Å². The van der Waals surface area contributed by atoms with Gasteiger partial charge in [0.25, 0.3) is 0 Å². The molecule has 0 aromatic heterocycles. The van der Waals surface area contributed by atoms with Crippen LogP contribution in [0.25, 0.3) is 0 Å². The molecular weight excluding hydrogens is 635 g/mol. The molecule has 0 aromatic carbocycles. The summed E-state index contributed by atoms with van der Waals surface area (Å²) in [5, 5.41) is 13.8. The lowest BCUT2D eigenvalue weighted by Gasteiger charge is -2.26. The average molecular weight is 718 g/mol. The predicted molar refractivity (Wildman–Crippen MR) is 208 cm³/mol. The van der Waals surface area contributed by atoms with Gasteiger partial charge in [-0.2, -0.15) is 0 Å². The highest BCUT2D eigenvalue weighted by atomic mass is 31.2. The van der Waals surface area contributed by atoms with Gasteiger partial charge in [0.2, 0.25) is 5.91 Å². The normalized spacial score (nSPS) is 14.7. The van der Waals surface area contributed by atoms with Crippen molar-refractivity contribution in [2.75, 3.05) is 40.9 Å². The van der Waals surface area contributed by atoms with Crippen LogP contribution in [0, 0.1) is 0 Å². The lowest BCUT2D eigenvalue weighted by molar-refractivity contribution is -0.870. The number of phosphoric ester groups is 1. The Morgan fingerprint density at radius 3 is 1.57 bits per heavy atom. The Hall–Kier alpha value is -0.760. The smallest absolute Gasteiger partial charge is 0.391 e. The van der Waals surface area contributed by atoms with Crippen LogP contribution in [0.2, 0.25) is 0 Å². The lowest BCUT2D eigenvalue weighted by atomic mass is 10.0. The first-order chi connectivity index (χ1) is 23.5. The van der Waals surface area contributed by atoms with Crippen molar-refractivity contribution in [3.8, 4) is 0 Å². The molecule has 0 radical (unpaired) electrons. The van der Waals surface area contributed by atoms with Crippen molar-refractivity contribution in [3.05, 3.63) is 12.2 Å². The molecule has 0 fully saturated rings. The second kappa shape index (κ2) is 33.1. The van der Waals surface area contributed by atoms with Crippen LogP contribution in [0.3, 0.4) is 0 Å². The van der Waals surface area contributed by atoms with Crippen molar-refractivity contribution in [3.63, 3.8) is 0 Å². The van der Waals surface area contributed by atoms with Gasteiger partial charge in [0.1, 0.15) is 13.2 Å². The molecule has 0 bridgehead atoms. The number of aliphatic hydroxyl groups is 1. The molecule has 0 aliphatic heterocycles. The van der Waals surface area contributed by atoms with Crippen molar-refractivity contribution in [2.45, 2.75) is 199 Å². The highest BCUT2D eigenvalue weighted by Gasteiger charge is 2.28. The van der Waals surface area contributed by atoms with E-state index in [2.05, 4.69) is 31.3 Å². The first-order valence-corrected chi connectivity index (χ1v) is 22.0. The fourth-order valence-corrected chi connectivity index (χ4v) is 6.66. The Kier molecular flexibility index (Phi) is 32.6. The number of aliphatic hydroxyl groups excluding tert-OH is 1. The van der Waals surface area contributed by atoms with Crippen molar-refractivity contribution in [1.29, 1.82) is 0 Å². The van der Waals surface area contributed by atoms with Gasteiger partial charge in [-0.1, -0.05) is 154 Å². The molecule has 0 aliphatic rings. The first-order valence-electron chi connectivity index (χ1n) is 20.6. The number of likely N-dealkylation sites (N-methyl/N-ethyl adjacent to an activating group) is 1. The molecule has 0 heterocycles. The van der Waals surface area contributed by atoms with E-state index < -0.39 is 20.0 Å². The van der Waals surface area contributed by atoms with E-state index in [0.29, 0.717) is 23.9 Å². The highest BCUT2D eigenvalue weighted by Crippen LogP contribution is 2.43. The van der Waals surface area contributed by atoms with Gasteiger partial charge in [-0.05, 0) is 38.5 Å². The molecule has 0 saturated heterocycles. The van der Waals surface area contributed by atoms with Crippen LogP contribution in [-0.4, -0.2) is 73.4 Å². The van der Waals surface area contributed by atoms with Gasteiger partial charge in [-0.25, -0.2) is 4.57 Å². The summed E-state index contributed by atoms with van der Waals surface area (Å²) < 4.78 is 23.5. The topological polar surface area (TPSA) is 105 Å². The molecule has 292 valence electrons. The predicted octanol–water partition coefficient (Wildman–Crippen LogP) is 10.8. The second-order valence-corrected chi connectivity index (χ2v) is 16.8. The van der Waals surface area contributed by atoms with Crippen molar-refractivity contribution in [2.24, 2.45) is 0 Å². The number of unbranched alkanes of at least 4 members (excludes halogenated alkanes) is 22. The van der Waals surface area contributed by atoms with Crippen molar-refractivity contribution in [1.82, 2.24) is 5.32 Å². The number of phosphoric acid groups is 1. The van der Waals surface area contributed by atoms with Gasteiger partial charge >= 0.3 is 7.82 Å². The molecule has 0 spiro atoms. The third-order valence-electron chi connectivity index (χ3n) is 9.26. The maximum Gasteiger partial charge on any atom is 0.472 e. The monoisotopic (exact) mass is 718 g/mol. The van der Waals surface area contributed by atoms with E-state index >= 15 is 0 Å². The molecule has 3 atom stereocenters. The highest BCUT2D eigenvalue weighted by molar-refractivity contribution is 7.47. The summed E-state index contributed by atoms with van der Waals surface area (Å²) in [5.41, 5.74) is 0. The van der Waals surface area contributed by atoms with E-state index in [1.54, 1.807) is 0 Å². The fraction of sp³-hybridized carbons (Fsp3) is 0.925. The molecule has 0 saturated carbocycles. The molecule has 0 aliphatic carbocycles. The SMILES string of the molecule is CCCCCCCC/C=C\CCCCCCCCCCCC(=O)NC(COP(=O)(O)OCC[N+](C)(C)C)C(O)CCCCCCCCCC. The first kappa shape index (κ1) is 48.2. The summed E-state index contributed by atoms with van der Waals surface area (Å²) in [4.78, 5) is 23.0. The minimum Gasteiger partial charge on any atom is -0.391 e. The Morgan fingerprint density at radius 2 is 1.10 bits per heavy atom. The summed E-state index contributed by atoms with van der Waals surface area (Å²) in [7, 11) is 1.61. The number of carbonyl (C=O) groups is 1. The van der Waals surface area contributed by atoms with Gasteiger partial charge < -0.3 is 19.8 Å². The zero-order valence-electron chi connectivity index (χ0n) is 32.9. The van der Waals surface area contributed by atoms with Gasteiger partial charge in [-0.15, -0.1) is 0 Å². The van der Waals surface area contributed by atoms with E-state index in [-0.39, 0.29) is 19.1 Å². The van der Waals surface area contributed by atoms with Gasteiger partial charge in [0.05, 0.1) is 39.9 Å². The van der Waals surface area contributed by atoms with Crippen LogP contribution in [0.15, 0.2) is 12.2 Å². The largest absolute Gasteiger partial charge is 0.472 e. The summed E-state index contributed by atoms with van der Waals surface area (Å²) in [6, 6.07) is -0.754. The second-order valence-electron chi connectivity index (χ2n) is 15.4. The molecular formula is C40H82N2O6P+. The Labute approximate surface area is 303 Å². The van der Waals surface area contributed by atoms with E-state index in [1.807, 2.05) is 21.1 Å². The third-order valence-corrected chi connectivity index (χ3v) is 10.2. The third kappa shape index (κ3) is 35.4. The van der Waals surface area contributed by atoms with E-state index in [0.717, 1.165) is 38.5 Å². The number of quaternary nitrogens is 1. The number of amides is 1. The summed E-state index contributed by atoms with van der Waals surface area (Å²) in [6.45, 7) is 4.84. The summed E-state index contributed by atoms with van der Waals surface area (Å²) >= 11 is 0. The number of hydrogen-bond acceptors (Lipinski definition) is 5. The van der Waals surface area contributed by atoms with Crippen LogP contribution in [0.5, 0.6) is 0 Å². The number of carbonyl (C=O) groups excluding carboxylic acids is 1. The zero-order chi connectivity index (χ0) is 36.5. The molecule has 1 amide bonds. The number of rotatable bonds is 37. The molecule has 8 nitrogen and oxygen atoms in total. The van der Waals surface area contributed by atoms with Crippen molar-refractivity contribution >= 4 is 13.7 Å². The molecule has 49 heavy (non-hydrogen) atoms. The standard InChI is InChI=1S/C40H81N2O6P/c1-6-8-10-12-14-16-17-18-19-20-21-22-23-24-25-26-28-30-32-34-40(44)41-38(37-48-49(45,46)47-36-35-42(3,4)5)39(43)33-31-29-27-15-13-11-9-7-2/h18-19,38-39,43H,6-17,20-37H2,1-5H3,(H-,41,44,45,46)/p+1/b19-18-. The molecule has 9 heteroatoms. The average Bonchev–Trinajstić information content (AvgIpc) is 3.04. The van der Waals surface area contributed by atoms with E-state index in [9.17, 15) is 19.4 Å². The maximum atomic E-state index is 12.8.